The second-order valence-electron chi connectivity index (χ2n) is 6.05. The molecule has 3 rings (SSSR count). The molecule has 136 valence electrons. The quantitative estimate of drug-likeness (QED) is 0.649. The third-order valence-electron chi connectivity index (χ3n) is 4.24. The molecular weight excluding hydrogens is 338 g/mol. The van der Waals surface area contributed by atoms with Gasteiger partial charge in [-0.1, -0.05) is 73.7 Å². The molecule has 0 radical (unpaired) electrons. The third-order valence-corrected chi connectivity index (χ3v) is 4.24. The largest absolute Gasteiger partial charge is 0.452 e. The molecule has 0 spiro atoms. The van der Waals surface area contributed by atoms with Crippen molar-refractivity contribution in [1.29, 1.82) is 0 Å². The van der Waals surface area contributed by atoms with Crippen molar-refractivity contribution in [2.24, 2.45) is 0 Å². The van der Waals surface area contributed by atoms with Crippen LogP contribution in [0.2, 0.25) is 0 Å². The number of amides is 1. The lowest BCUT2D eigenvalue weighted by molar-refractivity contribution is -0.119. The van der Waals surface area contributed by atoms with Crippen LogP contribution in [0, 0.1) is 0 Å². The number of para-hydroxylation sites is 1. The lowest BCUT2D eigenvalue weighted by Gasteiger charge is -2.11. The molecule has 3 aromatic carbocycles. The first kappa shape index (κ1) is 18.4. The van der Waals surface area contributed by atoms with Crippen molar-refractivity contribution in [3.05, 3.63) is 90.0 Å². The molecule has 27 heavy (non-hydrogen) atoms. The summed E-state index contributed by atoms with van der Waals surface area (Å²) in [5.74, 6) is -0.880. The Morgan fingerprint density at radius 3 is 2.30 bits per heavy atom. The van der Waals surface area contributed by atoms with Crippen LogP contribution in [0.1, 0.15) is 22.8 Å². The summed E-state index contributed by atoms with van der Waals surface area (Å²) in [6.07, 6.45) is 0.806. The number of hydrogen-bond donors (Lipinski definition) is 1. The van der Waals surface area contributed by atoms with Crippen LogP contribution in [0.15, 0.2) is 78.9 Å². The molecule has 4 nitrogen and oxygen atoms in total. The van der Waals surface area contributed by atoms with Crippen LogP contribution < -0.4 is 5.32 Å². The van der Waals surface area contributed by atoms with Gasteiger partial charge < -0.3 is 10.1 Å². The molecule has 0 aliphatic heterocycles. The normalized spacial score (nSPS) is 10.3. The average Bonchev–Trinajstić information content (AvgIpc) is 2.73. The number of esters is 1. The highest BCUT2D eigenvalue weighted by Crippen LogP contribution is 2.24. The van der Waals surface area contributed by atoms with Gasteiger partial charge in [0.1, 0.15) is 0 Å². The summed E-state index contributed by atoms with van der Waals surface area (Å²) in [5.41, 5.74) is 3.91. The molecule has 0 bridgehead atoms. The number of nitrogens with one attached hydrogen (secondary N) is 1. The zero-order valence-corrected chi connectivity index (χ0v) is 15.1. The van der Waals surface area contributed by atoms with E-state index in [2.05, 4.69) is 5.32 Å². The van der Waals surface area contributed by atoms with Crippen LogP contribution in [0.5, 0.6) is 0 Å². The zero-order valence-electron chi connectivity index (χ0n) is 15.1. The van der Waals surface area contributed by atoms with E-state index in [4.69, 9.17) is 4.74 Å². The Morgan fingerprint density at radius 1 is 0.852 bits per heavy atom. The van der Waals surface area contributed by atoms with Gasteiger partial charge in [0.05, 0.1) is 5.56 Å². The molecule has 0 aliphatic carbocycles. The van der Waals surface area contributed by atoms with Crippen LogP contribution in [0.25, 0.3) is 11.1 Å². The summed E-state index contributed by atoms with van der Waals surface area (Å²) in [7, 11) is 0. The van der Waals surface area contributed by atoms with Crippen molar-refractivity contribution in [1.82, 2.24) is 0 Å². The van der Waals surface area contributed by atoms with Gasteiger partial charge in [0.2, 0.25) is 0 Å². The van der Waals surface area contributed by atoms with E-state index in [-0.39, 0.29) is 12.5 Å². The van der Waals surface area contributed by atoms with Gasteiger partial charge in [0.15, 0.2) is 6.61 Å². The molecule has 0 fully saturated rings. The average molecular weight is 359 g/mol. The predicted molar refractivity (Wildman–Crippen MR) is 107 cm³/mol. The molecule has 0 aliphatic rings. The highest BCUT2D eigenvalue weighted by molar-refractivity contribution is 5.99. The van der Waals surface area contributed by atoms with Crippen LogP contribution >= 0.6 is 0 Å². The topological polar surface area (TPSA) is 55.4 Å². The van der Waals surface area contributed by atoms with Crippen LogP contribution in [0.4, 0.5) is 5.69 Å². The molecule has 0 saturated carbocycles. The molecule has 0 atom stereocenters. The van der Waals surface area contributed by atoms with E-state index < -0.39 is 5.97 Å². The van der Waals surface area contributed by atoms with Crippen LogP contribution in [0.3, 0.4) is 0 Å². The standard InChI is InChI=1S/C23H21NO3/c1-2-17-10-6-9-15-21(17)24-22(25)16-27-23(26)20-14-8-7-13-19(20)18-11-4-3-5-12-18/h3-15H,2,16H2,1H3,(H,24,25). The van der Waals surface area contributed by atoms with Gasteiger partial charge in [-0.15, -0.1) is 0 Å². The van der Waals surface area contributed by atoms with Gasteiger partial charge in [-0.3, -0.25) is 4.79 Å². The lowest BCUT2D eigenvalue weighted by Crippen LogP contribution is -2.21. The molecule has 3 aromatic rings. The molecular formula is C23H21NO3. The van der Waals surface area contributed by atoms with Gasteiger partial charge in [-0.2, -0.15) is 0 Å². The molecule has 0 saturated heterocycles. The lowest BCUT2D eigenvalue weighted by atomic mass is 10.00. The second kappa shape index (κ2) is 8.81. The highest BCUT2D eigenvalue weighted by Gasteiger charge is 2.15. The van der Waals surface area contributed by atoms with Crippen LogP contribution in [-0.4, -0.2) is 18.5 Å². The minimum atomic E-state index is -0.520. The maximum absolute atomic E-state index is 12.5. The van der Waals surface area contributed by atoms with Gasteiger partial charge in [0.25, 0.3) is 5.91 Å². The number of benzene rings is 3. The summed E-state index contributed by atoms with van der Waals surface area (Å²) in [4.78, 5) is 24.7. The van der Waals surface area contributed by atoms with Crippen molar-refractivity contribution in [2.45, 2.75) is 13.3 Å². The van der Waals surface area contributed by atoms with Crippen molar-refractivity contribution < 1.29 is 14.3 Å². The Hall–Kier alpha value is -3.40. The molecule has 0 unspecified atom stereocenters. The Labute approximate surface area is 158 Å². The van der Waals surface area contributed by atoms with E-state index >= 15 is 0 Å². The first-order valence-electron chi connectivity index (χ1n) is 8.88. The zero-order chi connectivity index (χ0) is 19.1. The van der Waals surface area contributed by atoms with E-state index in [0.29, 0.717) is 5.56 Å². The van der Waals surface area contributed by atoms with E-state index in [0.717, 1.165) is 28.8 Å². The summed E-state index contributed by atoms with van der Waals surface area (Å²) in [6, 6.07) is 24.4. The fourth-order valence-corrected chi connectivity index (χ4v) is 2.88. The fraction of sp³-hybridized carbons (Fsp3) is 0.130. The van der Waals surface area contributed by atoms with Gasteiger partial charge in [-0.25, -0.2) is 4.79 Å². The monoisotopic (exact) mass is 359 g/mol. The molecule has 4 heteroatoms. The number of anilines is 1. The Bertz CT molecular complexity index is 935. The predicted octanol–water partition coefficient (Wildman–Crippen LogP) is 4.71. The Kier molecular flexibility index (Phi) is 6.00. The number of rotatable bonds is 6. The highest BCUT2D eigenvalue weighted by atomic mass is 16.5. The first-order valence-corrected chi connectivity index (χ1v) is 8.88. The molecule has 1 amide bonds. The van der Waals surface area contributed by atoms with Gasteiger partial charge >= 0.3 is 5.97 Å². The van der Waals surface area contributed by atoms with Gasteiger partial charge in [0, 0.05) is 5.69 Å². The number of ether oxygens (including phenoxy) is 1. The van der Waals surface area contributed by atoms with Crippen molar-refractivity contribution >= 4 is 17.6 Å². The van der Waals surface area contributed by atoms with E-state index in [1.807, 2.05) is 73.7 Å². The number of carbonyl (C=O) groups is 2. The maximum atomic E-state index is 12.5. The SMILES string of the molecule is CCc1ccccc1NC(=O)COC(=O)c1ccccc1-c1ccccc1. The maximum Gasteiger partial charge on any atom is 0.339 e. The van der Waals surface area contributed by atoms with Crippen molar-refractivity contribution in [2.75, 3.05) is 11.9 Å². The molecule has 1 N–H and O–H groups in total. The number of carbonyl (C=O) groups excluding carboxylic acids is 2. The minimum absolute atomic E-state index is 0.333. The van der Waals surface area contributed by atoms with E-state index in [1.165, 1.54) is 0 Å². The first-order chi connectivity index (χ1) is 13.2. The number of aryl methyl sites for hydroxylation is 1. The summed E-state index contributed by atoms with van der Waals surface area (Å²) in [6.45, 7) is 1.69. The second-order valence-corrected chi connectivity index (χ2v) is 6.05. The third kappa shape index (κ3) is 4.61. The molecule has 0 aromatic heterocycles. The molecule has 0 heterocycles. The van der Waals surface area contributed by atoms with Crippen LogP contribution in [-0.2, 0) is 16.0 Å². The fourth-order valence-electron chi connectivity index (χ4n) is 2.88. The van der Waals surface area contributed by atoms with Gasteiger partial charge in [-0.05, 0) is 35.2 Å². The Morgan fingerprint density at radius 2 is 1.52 bits per heavy atom. The smallest absolute Gasteiger partial charge is 0.339 e. The van der Waals surface area contributed by atoms with E-state index in [1.54, 1.807) is 12.1 Å². The summed E-state index contributed by atoms with van der Waals surface area (Å²) in [5, 5.41) is 2.80. The van der Waals surface area contributed by atoms with Crippen molar-refractivity contribution in [3.8, 4) is 11.1 Å². The van der Waals surface area contributed by atoms with E-state index in [9.17, 15) is 9.59 Å². The summed E-state index contributed by atoms with van der Waals surface area (Å²) >= 11 is 0. The summed E-state index contributed by atoms with van der Waals surface area (Å²) < 4.78 is 5.25. The number of hydrogen-bond acceptors (Lipinski definition) is 3. The Balaban J connectivity index is 1.67. The van der Waals surface area contributed by atoms with Crippen molar-refractivity contribution in [3.63, 3.8) is 0 Å². The minimum Gasteiger partial charge on any atom is -0.452 e.